The average molecular weight is 372 g/mol. The van der Waals surface area contributed by atoms with E-state index in [0.29, 0.717) is 17.2 Å². The smallest absolute Gasteiger partial charge is 0.121 e. The number of hydrogen-bond acceptors (Lipinski definition) is 6. The average Bonchev–Trinajstić information content (AvgIpc) is 2.64. The summed E-state index contributed by atoms with van der Waals surface area (Å²) in [6.45, 7) is 1.71. The van der Waals surface area contributed by atoms with Crippen molar-refractivity contribution in [3.63, 3.8) is 0 Å². The Morgan fingerprint density at radius 3 is 2.77 bits per heavy atom. The van der Waals surface area contributed by atoms with Gasteiger partial charge < -0.3 is 9.64 Å². The molecule has 138 valence electrons. The Kier molecular flexibility index (Phi) is 5.33. The van der Waals surface area contributed by atoms with Crippen molar-refractivity contribution in [1.29, 1.82) is 10.0 Å². The quantitative estimate of drug-likeness (QED) is 0.869. The van der Waals surface area contributed by atoms with Crippen molar-refractivity contribution in [2.24, 2.45) is 5.92 Å². The third-order valence-electron chi connectivity index (χ3n) is 5.01. The molecule has 3 rings (SSSR count). The lowest BCUT2D eigenvalue weighted by atomic mass is 9.93. The first-order chi connectivity index (χ1) is 12.4. The Balaban J connectivity index is 1.83. The largest absolute Gasteiger partial charge is 0.497 e. The minimum Gasteiger partial charge on any atom is -0.497 e. The first-order valence-corrected chi connectivity index (χ1v) is 10.9. The standard InChI is InChI=1S/C19H24N4O2S/c1-25-16-3-4-17-18(11-16)22-13-15(12-20)19(17)23-8-5-14(6-9-23)7-10-26(2,21)24/h3-4,11,13-14,21H,5-10H2,1-2H3. The maximum absolute atomic E-state index is 11.6. The molecule has 26 heavy (non-hydrogen) atoms. The normalized spacial score (nSPS) is 17.7. The molecular weight excluding hydrogens is 348 g/mol. The molecule has 6 nitrogen and oxygen atoms in total. The first-order valence-electron chi connectivity index (χ1n) is 8.74. The van der Waals surface area contributed by atoms with Gasteiger partial charge in [0.2, 0.25) is 0 Å². The van der Waals surface area contributed by atoms with E-state index in [1.165, 1.54) is 6.26 Å². The number of piperidine rings is 1. The number of methoxy groups -OCH3 is 1. The number of ether oxygens (including phenoxy) is 1. The molecule has 0 spiro atoms. The molecule has 0 amide bonds. The van der Waals surface area contributed by atoms with Crippen LogP contribution >= 0.6 is 0 Å². The number of aromatic nitrogens is 1. The Morgan fingerprint density at radius 1 is 1.42 bits per heavy atom. The second-order valence-electron chi connectivity index (χ2n) is 6.94. The molecule has 0 saturated carbocycles. The van der Waals surface area contributed by atoms with E-state index in [9.17, 15) is 9.47 Å². The molecule has 1 fully saturated rings. The molecule has 1 aliphatic rings. The fraction of sp³-hybridized carbons (Fsp3) is 0.474. The molecular formula is C19H24N4O2S. The highest BCUT2D eigenvalue weighted by atomic mass is 32.2. The van der Waals surface area contributed by atoms with Gasteiger partial charge in [0.15, 0.2) is 0 Å². The second-order valence-corrected chi connectivity index (χ2v) is 9.36. The number of fused-ring (bicyclic) bond motifs is 1. The van der Waals surface area contributed by atoms with Crippen LogP contribution in [0.4, 0.5) is 5.69 Å². The van der Waals surface area contributed by atoms with E-state index in [-0.39, 0.29) is 0 Å². The van der Waals surface area contributed by atoms with Crippen LogP contribution in [0.2, 0.25) is 0 Å². The monoisotopic (exact) mass is 372 g/mol. The van der Waals surface area contributed by atoms with Crippen LogP contribution in [0.25, 0.3) is 10.9 Å². The van der Waals surface area contributed by atoms with Crippen molar-refractivity contribution in [1.82, 2.24) is 4.98 Å². The van der Waals surface area contributed by atoms with Gasteiger partial charge in [0, 0.05) is 52.5 Å². The highest BCUT2D eigenvalue weighted by Gasteiger charge is 2.23. The molecule has 1 aromatic carbocycles. The third-order valence-corrected chi connectivity index (χ3v) is 6.03. The van der Waals surface area contributed by atoms with E-state index in [0.717, 1.165) is 54.7 Å². The van der Waals surface area contributed by atoms with Crippen LogP contribution in [0.3, 0.4) is 0 Å². The van der Waals surface area contributed by atoms with Gasteiger partial charge in [0.1, 0.15) is 11.8 Å². The number of hydrogen-bond donors (Lipinski definition) is 1. The van der Waals surface area contributed by atoms with E-state index in [1.807, 2.05) is 18.2 Å². The topological polar surface area (TPSA) is 90.1 Å². The summed E-state index contributed by atoms with van der Waals surface area (Å²) in [6, 6.07) is 8.02. The molecule has 1 unspecified atom stereocenters. The molecule has 1 aromatic heterocycles. The molecule has 7 heteroatoms. The zero-order valence-corrected chi connectivity index (χ0v) is 16.0. The maximum atomic E-state index is 11.6. The van der Waals surface area contributed by atoms with Gasteiger partial charge in [-0.2, -0.15) is 5.26 Å². The van der Waals surface area contributed by atoms with Crippen molar-refractivity contribution < 1.29 is 8.95 Å². The van der Waals surface area contributed by atoms with E-state index in [2.05, 4.69) is 16.0 Å². The summed E-state index contributed by atoms with van der Waals surface area (Å²) in [7, 11) is -0.785. The fourth-order valence-corrected chi connectivity index (χ4v) is 4.33. The van der Waals surface area contributed by atoms with Gasteiger partial charge in [-0.15, -0.1) is 0 Å². The van der Waals surface area contributed by atoms with Gasteiger partial charge in [-0.25, -0.2) is 0 Å². The van der Waals surface area contributed by atoms with Gasteiger partial charge in [-0.1, -0.05) is 0 Å². The molecule has 1 saturated heterocycles. The van der Waals surface area contributed by atoms with Gasteiger partial charge in [-0.05, 0) is 37.3 Å². The van der Waals surface area contributed by atoms with Gasteiger partial charge in [0.05, 0.1) is 23.9 Å². The summed E-state index contributed by atoms with van der Waals surface area (Å²) >= 11 is 0. The number of nitrogens with one attached hydrogen (secondary N) is 1. The van der Waals surface area contributed by atoms with Crippen LogP contribution in [0.5, 0.6) is 5.75 Å². The van der Waals surface area contributed by atoms with Crippen LogP contribution in [-0.4, -0.2) is 41.4 Å². The molecule has 0 aliphatic carbocycles. The van der Waals surface area contributed by atoms with Gasteiger partial charge >= 0.3 is 0 Å². The van der Waals surface area contributed by atoms with Gasteiger partial charge in [-0.3, -0.25) is 14.0 Å². The van der Waals surface area contributed by atoms with Crippen LogP contribution < -0.4 is 9.64 Å². The molecule has 2 heterocycles. The minimum absolute atomic E-state index is 0.471. The van der Waals surface area contributed by atoms with Crippen molar-refractivity contribution >= 4 is 26.3 Å². The number of pyridine rings is 1. The SMILES string of the molecule is COc1ccc2c(N3CCC(CCS(C)(=N)=O)CC3)c(C#N)cnc2c1. The minimum atomic E-state index is -2.41. The molecule has 0 bridgehead atoms. The summed E-state index contributed by atoms with van der Waals surface area (Å²) < 4.78 is 24.4. The van der Waals surface area contributed by atoms with E-state index in [1.54, 1.807) is 13.3 Å². The number of rotatable bonds is 5. The van der Waals surface area contributed by atoms with Crippen LogP contribution in [0.1, 0.15) is 24.8 Å². The van der Waals surface area contributed by atoms with Gasteiger partial charge in [0.25, 0.3) is 0 Å². The van der Waals surface area contributed by atoms with Crippen LogP contribution in [-0.2, 0) is 9.73 Å². The zero-order valence-electron chi connectivity index (χ0n) is 15.2. The van der Waals surface area contributed by atoms with E-state index >= 15 is 0 Å². The zero-order chi connectivity index (χ0) is 18.7. The maximum Gasteiger partial charge on any atom is 0.121 e. The van der Waals surface area contributed by atoms with Crippen molar-refractivity contribution in [3.05, 3.63) is 30.0 Å². The summed E-state index contributed by atoms with van der Waals surface area (Å²) in [6.07, 6.45) is 5.96. The summed E-state index contributed by atoms with van der Waals surface area (Å²) in [5.41, 5.74) is 2.35. The second kappa shape index (κ2) is 7.50. The van der Waals surface area contributed by atoms with E-state index in [4.69, 9.17) is 9.52 Å². The van der Waals surface area contributed by atoms with Crippen molar-refractivity contribution in [2.45, 2.75) is 19.3 Å². The summed E-state index contributed by atoms with van der Waals surface area (Å²) in [5, 5.41) is 10.5. The summed E-state index contributed by atoms with van der Waals surface area (Å²) in [5.74, 6) is 1.72. The lowest BCUT2D eigenvalue weighted by Crippen LogP contribution is -2.34. The Morgan fingerprint density at radius 2 is 2.15 bits per heavy atom. The number of nitriles is 1. The molecule has 1 aliphatic heterocycles. The lowest BCUT2D eigenvalue weighted by Gasteiger charge is -2.34. The molecule has 1 atom stereocenters. The Bertz CT molecular complexity index is 942. The highest BCUT2D eigenvalue weighted by molar-refractivity contribution is 7.91. The Hall–Kier alpha value is -2.33. The highest BCUT2D eigenvalue weighted by Crippen LogP contribution is 2.34. The molecule has 0 radical (unpaired) electrons. The summed E-state index contributed by atoms with van der Waals surface area (Å²) in [4.78, 5) is 6.66. The number of nitrogens with zero attached hydrogens (tertiary/aromatic N) is 3. The lowest BCUT2D eigenvalue weighted by molar-refractivity contribution is 0.396. The first kappa shape index (κ1) is 18.5. The predicted molar refractivity (Wildman–Crippen MR) is 104 cm³/mol. The van der Waals surface area contributed by atoms with Crippen molar-refractivity contribution in [3.8, 4) is 11.8 Å². The van der Waals surface area contributed by atoms with Crippen LogP contribution in [0, 0.1) is 22.0 Å². The fourth-order valence-electron chi connectivity index (χ4n) is 3.55. The molecule has 1 N–H and O–H groups in total. The Labute approximate surface area is 154 Å². The molecule has 2 aromatic rings. The van der Waals surface area contributed by atoms with Crippen LogP contribution in [0.15, 0.2) is 24.4 Å². The number of benzene rings is 1. The van der Waals surface area contributed by atoms with E-state index < -0.39 is 9.73 Å². The number of anilines is 1. The predicted octanol–water partition coefficient (Wildman–Crippen LogP) is 3.40. The van der Waals surface area contributed by atoms with Crippen molar-refractivity contribution in [2.75, 3.05) is 37.1 Å². The third kappa shape index (κ3) is 4.07.